The third-order valence-corrected chi connectivity index (χ3v) is 4.37. The molecule has 1 aliphatic heterocycles. The van der Waals surface area contributed by atoms with Crippen LogP contribution in [0.3, 0.4) is 0 Å². The summed E-state index contributed by atoms with van der Waals surface area (Å²) in [6.07, 6.45) is 3.44. The van der Waals surface area contributed by atoms with Crippen LogP contribution in [0.1, 0.15) is 33.3 Å². The first-order chi connectivity index (χ1) is 9.66. The molecule has 0 unspecified atom stereocenters. The van der Waals surface area contributed by atoms with Crippen LogP contribution in [0.15, 0.2) is 17.7 Å². The molecule has 0 amide bonds. The van der Waals surface area contributed by atoms with Gasteiger partial charge in [-0.2, -0.15) is 12.6 Å². The van der Waals surface area contributed by atoms with Crippen LogP contribution in [0.25, 0.3) is 6.08 Å². The van der Waals surface area contributed by atoms with Crippen molar-refractivity contribution >= 4 is 31.6 Å². The fourth-order valence-electron chi connectivity index (χ4n) is 1.95. The molecule has 1 aromatic rings. The number of nitrogens with zero attached hydrogens (tertiary/aromatic N) is 1. The minimum atomic E-state index is -0.466. The Labute approximate surface area is 131 Å². The smallest absolute Gasteiger partial charge is 0.491 e. The summed E-state index contributed by atoms with van der Waals surface area (Å²) in [6.45, 7) is 8.00. The van der Waals surface area contributed by atoms with Gasteiger partial charge in [-0.05, 0) is 44.8 Å². The molecular formula is C14H21BN2O3S. The third kappa shape index (κ3) is 3.20. The zero-order valence-electron chi connectivity index (χ0n) is 12.8. The quantitative estimate of drug-likeness (QED) is 0.590. The van der Waals surface area contributed by atoms with Crippen LogP contribution in [-0.4, -0.2) is 34.2 Å². The van der Waals surface area contributed by atoms with Crippen molar-refractivity contribution in [3.8, 4) is 5.75 Å². The number of hydrogen-bond donors (Lipinski definition) is 3. The van der Waals surface area contributed by atoms with Crippen molar-refractivity contribution in [2.24, 2.45) is 0 Å². The molecule has 0 aromatic carbocycles. The number of aromatic nitrogens is 1. The predicted molar refractivity (Wildman–Crippen MR) is 88.2 cm³/mol. The molecule has 5 nitrogen and oxygen atoms in total. The molecule has 1 fully saturated rings. The van der Waals surface area contributed by atoms with E-state index in [1.807, 2.05) is 33.8 Å². The molecule has 114 valence electrons. The first-order valence-electron chi connectivity index (χ1n) is 6.78. The standard InChI is InChI=1S/C14H21BN2O3S/c1-13(2)14(3,4)20-15(19-13)10(8-21)5-9-6-11(18)12(16)17-7-9/h5-7,18,21H,8H2,1-4H3,(H2,16,17). The van der Waals surface area contributed by atoms with Crippen LogP contribution >= 0.6 is 12.6 Å². The minimum absolute atomic E-state index is 0.0452. The number of aromatic hydroxyl groups is 1. The molecule has 0 radical (unpaired) electrons. The van der Waals surface area contributed by atoms with Crippen LogP contribution in [-0.2, 0) is 9.31 Å². The second kappa shape index (κ2) is 5.55. The monoisotopic (exact) mass is 308 g/mol. The van der Waals surface area contributed by atoms with Crippen LogP contribution < -0.4 is 5.73 Å². The summed E-state index contributed by atoms with van der Waals surface area (Å²) in [5, 5.41) is 9.62. The molecule has 1 aromatic heterocycles. The molecule has 2 heterocycles. The number of pyridine rings is 1. The van der Waals surface area contributed by atoms with E-state index in [-0.39, 0.29) is 11.6 Å². The van der Waals surface area contributed by atoms with E-state index in [1.165, 1.54) is 0 Å². The van der Waals surface area contributed by atoms with Crippen molar-refractivity contribution in [3.05, 3.63) is 23.3 Å². The van der Waals surface area contributed by atoms with Gasteiger partial charge in [0, 0.05) is 11.9 Å². The summed E-state index contributed by atoms with van der Waals surface area (Å²) >= 11 is 4.34. The number of anilines is 1. The molecule has 0 atom stereocenters. The number of nitrogen functional groups attached to an aromatic ring is 1. The molecule has 1 saturated heterocycles. The van der Waals surface area contributed by atoms with Gasteiger partial charge in [0.05, 0.1) is 11.2 Å². The van der Waals surface area contributed by atoms with Crippen molar-refractivity contribution in [2.75, 3.05) is 11.5 Å². The zero-order valence-corrected chi connectivity index (χ0v) is 13.6. The van der Waals surface area contributed by atoms with Crippen LogP contribution in [0.2, 0.25) is 0 Å². The Kier molecular flexibility index (Phi) is 4.28. The molecule has 0 spiro atoms. The van der Waals surface area contributed by atoms with Crippen LogP contribution in [0.4, 0.5) is 5.82 Å². The molecule has 7 heteroatoms. The highest BCUT2D eigenvalue weighted by Gasteiger charge is 2.52. The van der Waals surface area contributed by atoms with Crippen molar-refractivity contribution in [3.63, 3.8) is 0 Å². The Bertz CT molecular complexity index is 559. The fraction of sp³-hybridized carbons (Fsp3) is 0.500. The van der Waals surface area contributed by atoms with Gasteiger partial charge >= 0.3 is 7.12 Å². The summed E-state index contributed by atoms with van der Waals surface area (Å²) < 4.78 is 12.0. The molecule has 0 saturated carbocycles. The molecule has 21 heavy (non-hydrogen) atoms. The Balaban J connectivity index is 2.28. The molecule has 0 aliphatic carbocycles. The molecule has 2 rings (SSSR count). The number of rotatable bonds is 3. The van der Waals surface area contributed by atoms with E-state index in [1.54, 1.807) is 12.3 Å². The average Bonchev–Trinajstić information content (AvgIpc) is 2.59. The van der Waals surface area contributed by atoms with Gasteiger partial charge in [0.1, 0.15) is 0 Å². The lowest BCUT2D eigenvalue weighted by Crippen LogP contribution is -2.41. The SMILES string of the molecule is CC1(C)OB(C(=Cc2cnc(N)c(O)c2)CS)OC1(C)C. The van der Waals surface area contributed by atoms with E-state index in [4.69, 9.17) is 15.0 Å². The zero-order chi connectivity index (χ0) is 15.8. The summed E-state index contributed by atoms with van der Waals surface area (Å²) in [7, 11) is -0.466. The van der Waals surface area contributed by atoms with E-state index < -0.39 is 18.3 Å². The van der Waals surface area contributed by atoms with Gasteiger partial charge in [0.25, 0.3) is 0 Å². The Hall–Kier alpha value is -1.18. The lowest BCUT2D eigenvalue weighted by Gasteiger charge is -2.32. The molecule has 1 aliphatic rings. The number of thiol groups is 1. The summed E-state index contributed by atoms with van der Waals surface area (Å²) in [4.78, 5) is 3.93. The largest absolute Gasteiger partial charge is 0.504 e. The third-order valence-electron chi connectivity index (χ3n) is 4.01. The molecule has 3 N–H and O–H groups in total. The highest BCUT2D eigenvalue weighted by molar-refractivity contribution is 7.80. The van der Waals surface area contributed by atoms with Gasteiger partial charge < -0.3 is 20.1 Å². The van der Waals surface area contributed by atoms with Crippen molar-refractivity contribution in [1.29, 1.82) is 0 Å². The van der Waals surface area contributed by atoms with Gasteiger partial charge in [-0.3, -0.25) is 0 Å². The molecular weight excluding hydrogens is 287 g/mol. The second-order valence-electron chi connectivity index (χ2n) is 6.14. The summed E-state index contributed by atoms with van der Waals surface area (Å²) in [6, 6.07) is 1.55. The topological polar surface area (TPSA) is 77.6 Å². The predicted octanol–water partition coefficient (Wildman–Crippen LogP) is 2.31. The lowest BCUT2D eigenvalue weighted by molar-refractivity contribution is 0.00578. The van der Waals surface area contributed by atoms with E-state index in [0.717, 1.165) is 11.0 Å². The highest BCUT2D eigenvalue weighted by Crippen LogP contribution is 2.39. The van der Waals surface area contributed by atoms with Crippen molar-refractivity contribution in [2.45, 2.75) is 38.9 Å². The second-order valence-corrected chi connectivity index (χ2v) is 6.45. The summed E-state index contributed by atoms with van der Waals surface area (Å²) in [5.41, 5.74) is 6.28. The van der Waals surface area contributed by atoms with Gasteiger partial charge in [0.15, 0.2) is 11.6 Å². The Morgan fingerprint density at radius 2 is 1.95 bits per heavy atom. The normalized spacial score (nSPS) is 20.8. The maximum absolute atomic E-state index is 9.62. The number of nitrogens with two attached hydrogens (primary N) is 1. The maximum Gasteiger partial charge on any atom is 0.491 e. The molecule has 0 bridgehead atoms. The van der Waals surface area contributed by atoms with Crippen LogP contribution in [0, 0.1) is 0 Å². The Morgan fingerprint density at radius 1 is 1.38 bits per heavy atom. The maximum atomic E-state index is 9.62. The van der Waals surface area contributed by atoms with E-state index in [9.17, 15) is 5.11 Å². The first kappa shape index (κ1) is 16.2. The van der Waals surface area contributed by atoms with E-state index >= 15 is 0 Å². The van der Waals surface area contributed by atoms with Crippen LogP contribution in [0.5, 0.6) is 5.75 Å². The average molecular weight is 308 g/mol. The summed E-state index contributed by atoms with van der Waals surface area (Å²) in [5.74, 6) is 0.536. The van der Waals surface area contributed by atoms with Crippen molar-refractivity contribution < 1.29 is 14.4 Å². The van der Waals surface area contributed by atoms with Gasteiger partial charge in [-0.15, -0.1) is 0 Å². The van der Waals surface area contributed by atoms with Crippen molar-refractivity contribution in [1.82, 2.24) is 4.98 Å². The van der Waals surface area contributed by atoms with Gasteiger partial charge in [-0.25, -0.2) is 4.98 Å². The van der Waals surface area contributed by atoms with E-state index in [0.29, 0.717) is 5.75 Å². The Morgan fingerprint density at radius 3 is 2.43 bits per heavy atom. The first-order valence-corrected chi connectivity index (χ1v) is 7.41. The lowest BCUT2D eigenvalue weighted by atomic mass is 9.78. The van der Waals surface area contributed by atoms with Gasteiger partial charge in [0.2, 0.25) is 0 Å². The number of hydrogen-bond acceptors (Lipinski definition) is 6. The van der Waals surface area contributed by atoms with E-state index in [2.05, 4.69) is 17.6 Å². The highest BCUT2D eigenvalue weighted by atomic mass is 32.1. The minimum Gasteiger partial charge on any atom is -0.504 e. The van der Waals surface area contributed by atoms with Gasteiger partial charge in [-0.1, -0.05) is 6.08 Å². The fourth-order valence-corrected chi connectivity index (χ4v) is 2.20.